The lowest BCUT2D eigenvalue weighted by atomic mass is 9.98. The number of hydrogen-bond donors (Lipinski definition) is 7. The summed E-state index contributed by atoms with van der Waals surface area (Å²) >= 11 is 0. The molecule has 0 bridgehead atoms. The number of aliphatic hydroxyl groups is 7. The van der Waals surface area contributed by atoms with Crippen molar-refractivity contribution in [1.29, 1.82) is 0 Å². The van der Waals surface area contributed by atoms with Crippen LogP contribution in [0.1, 0.15) is 239 Å². The van der Waals surface area contributed by atoms with E-state index < -0.39 is 80.7 Å². The predicted molar refractivity (Wildman–Crippen MR) is 284 cm³/mol. The van der Waals surface area contributed by atoms with E-state index in [1.807, 2.05) is 0 Å². The highest BCUT2D eigenvalue weighted by Gasteiger charge is 2.47. The maximum atomic E-state index is 13.1. The number of esters is 1. The number of unbranched alkanes of at least 4 members (excludes halogenated alkanes) is 30. The molecule has 0 aromatic heterocycles. The average molecular weight is 1030 g/mol. The second kappa shape index (κ2) is 45.6. The lowest BCUT2D eigenvalue weighted by molar-refractivity contribution is -0.332. The molecular weight excluding hydrogens is 921 g/mol. The van der Waals surface area contributed by atoms with Crippen molar-refractivity contribution in [1.82, 2.24) is 0 Å². The molecule has 2 saturated heterocycles. The minimum absolute atomic E-state index is 0.0630. The Kier molecular flexibility index (Phi) is 42.2. The summed E-state index contributed by atoms with van der Waals surface area (Å²) in [6.07, 6.45) is 35.2. The van der Waals surface area contributed by atoms with Crippen LogP contribution in [-0.2, 0) is 33.2 Å². The smallest absolute Gasteiger partial charge is 0.306 e. The zero-order valence-electron chi connectivity index (χ0n) is 45.4. The lowest BCUT2D eigenvalue weighted by Crippen LogP contribution is -2.61. The van der Waals surface area contributed by atoms with E-state index in [4.69, 9.17) is 28.4 Å². The maximum absolute atomic E-state index is 13.1. The molecule has 2 rings (SSSR count). The van der Waals surface area contributed by atoms with Gasteiger partial charge < -0.3 is 64.2 Å². The van der Waals surface area contributed by atoms with Gasteiger partial charge in [-0.3, -0.25) is 4.79 Å². The van der Waals surface area contributed by atoms with Crippen molar-refractivity contribution in [2.24, 2.45) is 0 Å². The van der Waals surface area contributed by atoms with E-state index in [-0.39, 0.29) is 25.6 Å². The zero-order valence-corrected chi connectivity index (χ0v) is 45.4. The number of rotatable bonds is 48. The van der Waals surface area contributed by atoms with Crippen LogP contribution in [0.2, 0.25) is 0 Å². The number of carbonyl (C=O) groups excluding carboxylic acids is 1. The third-order valence-corrected chi connectivity index (χ3v) is 14.2. The Morgan fingerprint density at radius 1 is 0.458 bits per heavy atom. The second-order valence-electron chi connectivity index (χ2n) is 20.8. The van der Waals surface area contributed by atoms with Crippen LogP contribution >= 0.6 is 0 Å². The summed E-state index contributed by atoms with van der Waals surface area (Å²) in [5.41, 5.74) is 0. The summed E-state index contributed by atoms with van der Waals surface area (Å²) < 4.78 is 34.4. The monoisotopic (exact) mass is 1030 g/mol. The van der Waals surface area contributed by atoms with Gasteiger partial charge in [0.2, 0.25) is 0 Å². The van der Waals surface area contributed by atoms with Gasteiger partial charge in [0.05, 0.1) is 26.4 Å². The standard InChI is InChI=1S/C58H108O14/c1-3-5-7-9-11-13-15-17-19-21-22-23-24-26-28-30-32-34-36-38-40-42-67-44-47(70-50(60)41-39-37-35-33-31-29-27-25-20-18-16-14-12-10-8-6-4-2)45-68-57-56(66)54(64)52(62)49(72-57)46-69-58-55(65)53(63)51(61)48(43-59)71-58/h12,14,18,20,47-49,51-59,61-66H,3-11,13,15-17,19,21-46H2,1-2H3/b14-12-,20-18-. The highest BCUT2D eigenvalue weighted by molar-refractivity contribution is 5.69. The molecule has 0 aromatic rings. The van der Waals surface area contributed by atoms with Crippen molar-refractivity contribution in [3.63, 3.8) is 0 Å². The van der Waals surface area contributed by atoms with E-state index in [1.54, 1.807) is 0 Å². The fourth-order valence-electron chi connectivity index (χ4n) is 9.44. The first-order valence-corrected chi connectivity index (χ1v) is 29.4. The lowest BCUT2D eigenvalue weighted by Gasteiger charge is -2.42. The van der Waals surface area contributed by atoms with Crippen molar-refractivity contribution in [2.45, 2.75) is 306 Å². The molecule has 11 atom stereocenters. The third kappa shape index (κ3) is 32.1. The average Bonchev–Trinajstić information content (AvgIpc) is 3.38. The third-order valence-electron chi connectivity index (χ3n) is 14.2. The molecule has 72 heavy (non-hydrogen) atoms. The van der Waals surface area contributed by atoms with E-state index in [9.17, 15) is 40.5 Å². The van der Waals surface area contributed by atoms with Gasteiger partial charge in [0.15, 0.2) is 12.6 Å². The SMILES string of the molecule is CCCCC/C=C\C/C=C\CCCCCCCCCC(=O)OC(COCCCCCCCCCCCCCCCCCCCCCCC)COC1OC(COC2OC(CO)C(O)C(O)C2O)C(O)C(O)C1O. The van der Waals surface area contributed by atoms with Crippen LogP contribution < -0.4 is 0 Å². The molecule has 7 N–H and O–H groups in total. The summed E-state index contributed by atoms with van der Waals surface area (Å²) in [6, 6.07) is 0. The first kappa shape index (κ1) is 66.6. The number of allylic oxidation sites excluding steroid dienone is 4. The van der Waals surface area contributed by atoms with Gasteiger partial charge in [-0.2, -0.15) is 0 Å². The van der Waals surface area contributed by atoms with Crippen molar-refractivity contribution >= 4 is 5.97 Å². The van der Waals surface area contributed by atoms with E-state index in [0.717, 1.165) is 51.4 Å². The molecule has 0 spiro atoms. The maximum Gasteiger partial charge on any atom is 0.306 e. The van der Waals surface area contributed by atoms with Crippen LogP contribution in [0.5, 0.6) is 0 Å². The fraction of sp³-hybridized carbons (Fsp3) is 0.914. The summed E-state index contributed by atoms with van der Waals surface area (Å²) in [4.78, 5) is 13.1. The van der Waals surface area contributed by atoms with Gasteiger partial charge in [-0.25, -0.2) is 0 Å². The molecule has 0 saturated carbocycles. The Morgan fingerprint density at radius 2 is 0.861 bits per heavy atom. The van der Waals surface area contributed by atoms with Crippen LogP contribution in [0.25, 0.3) is 0 Å². The van der Waals surface area contributed by atoms with Gasteiger partial charge in [-0.1, -0.05) is 212 Å². The first-order chi connectivity index (χ1) is 35.1. The minimum Gasteiger partial charge on any atom is -0.457 e. The van der Waals surface area contributed by atoms with Crippen LogP contribution in [0.15, 0.2) is 24.3 Å². The molecule has 0 amide bonds. The second-order valence-corrected chi connectivity index (χ2v) is 20.8. The molecule has 0 radical (unpaired) electrons. The van der Waals surface area contributed by atoms with Crippen LogP contribution in [0.3, 0.4) is 0 Å². The van der Waals surface area contributed by atoms with Crippen molar-refractivity contribution < 1.29 is 69.0 Å². The Bertz CT molecular complexity index is 1290. The van der Waals surface area contributed by atoms with Crippen LogP contribution in [0, 0.1) is 0 Å². The van der Waals surface area contributed by atoms with Crippen molar-refractivity contribution in [3.8, 4) is 0 Å². The normalized spacial score (nSPS) is 25.2. The molecule has 2 aliphatic heterocycles. The van der Waals surface area contributed by atoms with Crippen LogP contribution in [-0.4, -0.2) is 142 Å². The van der Waals surface area contributed by atoms with Gasteiger partial charge in [-0.15, -0.1) is 0 Å². The van der Waals surface area contributed by atoms with Gasteiger partial charge in [0.1, 0.15) is 54.9 Å². The Morgan fingerprint density at radius 3 is 1.36 bits per heavy atom. The fourth-order valence-corrected chi connectivity index (χ4v) is 9.44. The van der Waals surface area contributed by atoms with E-state index in [1.165, 1.54) is 161 Å². The molecule has 2 heterocycles. The largest absolute Gasteiger partial charge is 0.457 e. The molecule has 0 aliphatic carbocycles. The quantitative estimate of drug-likeness (QED) is 0.0172. The molecular formula is C58H108O14. The topological polar surface area (TPSA) is 214 Å². The highest BCUT2D eigenvalue weighted by Crippen LogP contribution is 2.27. The van der Waals surface area contributed by atoms with Crippen molar-refractivity contribution in [3.05, 3.63) is 24.3 Å². The Labute approximate surface area is 437 Å². The summed E-state index contributed by atoms with van der Waals surface area (Å²) in [7, 11) is 0. The summed E-state index contributed by atoms with van der Waals surface area (Å²) in [5, 5.41) is 72.3. The molecule has 14 nitrogen and oxygen atoms in total. The number of ether oxygens (including phenoxy) is 6. The molecule has 0 aromatic carbocycles. The Balaban J connectivity index is 1.71. The molecule has 11 unspecified atom stereocenters. The van der Waals surface area contributed by atoms with Crippen molar-refractivity contribution in [2.75, 3.05) is 33.0 Å². The first-order valence-electron chi connectivity index (χ1n) is 29.4. The van der Waals surface area contributed by atoms with Crippen LogP contribution in [0.4, 0.5) is 0 Å². The van der Waals surface area contributed by atoms with E-state index >= 15 is 0 Å². The van der Waals surface area contributed by atoms with Gasteiger partial charge in [0, 0.05) is 13.0 Å². The molecule has 2 aliphatic rings. The Hall–Kier alpha value is -1.53. The summed E-state index contributed by atoms with van der Waals surface area (Å²) in [5.74, 6) is -0.379. The number of hydrogen-bond acceptors (Lipinski definition) is 14. The van der Waals surface area contributed by atoms with E-state index in [2.05, 4.69) is 38.2 Å². The zero-order chi connectivity index (χ0) is 52.3. The number of carbonyl (C=O) groups is 1. The molecule has 2 fully saturated rings. The van der Waals surface area contributed by atoms with E-state index in [0.29, 0.717) is 13.0 Å². The minimum atomic E-state index is -1.71. The van der Waals surface area contributed by atoms with Gasteiger partial charge in [-0.05, 0) is 44.9 Å². The number of aliphatic hydroxyl groups excluding tert-OH is 7. The predicted octanol–water partition coefficient (Wildman–Crippen LogP) is 10.4. The highest BCUT2D eigenvalue weighted by atomic mass is 16.7. The van der Waals surface area contributed by atoms with Gasteiger partial charge >= 0.3 is 5.97 Å². The molecule has 424 valence electrons. The molecule has 14 heteroatoms. The van der Waals surface area contributed by atoms with Gasteiger partial charge in [0.25, 0.3) is 0 Å². The summed E-state index contributed by atoms with van der Waals surface area (Å²) in [6.45, 7) is 3.70.